The molecule has 1 aromatic rings. The standard InChI is InChI=1S/C15H26N4S/c1-15(2)9-11(16-3)13-12(10-15)17-14(20-13)19-7-5-18(4)6-8-19/h11,16H,5-10H2,1-4H3. The predicted molar refractivity (Wildman–Crippen MR) is 85.7 cm³/mol. The lowest BCUT2D eigenvalue weighted by Gasteiger charge is -2.34. The van der Waals surface area contributed by atoms with Gasteiger partial charge in [-0.05, 0) is 32.4 Å². The molecule has 1 aliphatic heterocycles. The van der Waals surface area contributed by atoms with Crippen LogP contribution < -0.4 is 10.2 Å². The number of rotatable bonds is 2. The fraction of sp³-hybridized carbons (Fsp3) is 0.800. The Hall–Kier alpha value is -0.650. The number of piperazine rings is 1. The van der Waals surface area contributed by atoms with Gasteiger partial charge in [0.2, 0.25) is 0 Å². The van der Waals surface area contributed by atoms with Gasteiger partial charge in [-0.2, -0.15) is 0 Å². The third kappa shape index (κ3) is 2.71. The fourth-order valence-corrected chi connectivity index (χ4v) is 4.53. The zero-order valence-corrected chi connectivity index (χ0v) is 13.9. The van der Waals surface area contributed by atoms with Gasteiger partial charge in [0, 0.05) is 37.1 Å². The molecule has 1 aromatic heterocycles. The fourth-order valence-electron chi connectivity index (χ4n) is 3.29. The molecule has 2 aliphatic rings. The van der Waals surface area contributed by atoms with Gasteiger partial charge in [-0.3, -0.25) is 0 Å². The van der Waals surface area contributed by atoms with Gasteiger partial charge in [-0.25, -0.2) is 4.98 Å². The van der Waals surface area contributed by atoms with Crippen LogP contribution in [-0.2, 0) is 6.42 Å². The van der Waals surface area contributed by atoms with Crippen LogP contribution in [0.1, 0.15) is 36.9 Å². The third-order valence-electron chi connectivity index (χ3n) is 4.56. The summed E-state index contributed by atoms with van der Waals surface area (Å²) in [7, 11) is 4.27. The number of thiazole rings is 1. The van der Waals surface area contributed by atoms with E-state index in [4.69, 9.17) is 4.98 Å². The number of nitrogens with one attached hydrogen (secondary N) is 1. The van der Waals surface area contributed by atoms with Crippen LogP contribution >= 0.6 is 11.3 Å². The highest BCUT2D eigenvalue weighted by atomic mass is 32.1. The summed E-state index contributed by atoms with van der Waals surface area (Å²) in [4.78, 5) is 11.3. The average molecular weight is 294 g/mol. The Morgan fingerprint density at radius 2 is 1.95 bits per heavy atom. The number of nitrogens with zero attached hydrogens (tertiary/aromatic N) is 3. The van der Waals surface area contributed by atoms with Gasteiger partial charge in [-0.15, -0.1) is 0 Å². The van der Waals surface area contributed by atoms with Crippen molar-refractivity contribution < 1.29 is 0 Å². The average Bonchev–Trinajstić information content (AvgIpc) is 2.80. The molecule has 1 fully saturated rings. The Morgan fingerprint density at radius 1 is 1.25 bits per heavy atom. The van der Waals surface area contributed by atoms with E-state index in [2.05, 4.69) is 43.1 Å². The van der Waals surface area contributed by atoms with Crippen molar-refractivity contribution in [3.05, 3.63) is 10.6 Å². The maximum absolute atomic E-state index is 4.98. The summed E-state index contributed by atoms with van der Waals surface area (Å²) in [6, 6.07) is 0.479. The van der Waals surface area contributed by atoms with Gasteiger partial charge in [0.1, 0.15) is 0 Å². The second-order valence-corrected chi connectivity index (χ2v) is 7.99. The van der Waals surface area contributed by atoms with Crippen molar-refractivity contribution in [2.45, 2.75) is 32.7 Å². The molecule has 0 aromatic carbocycles. The van der Waals surface area contributed by atoms with Crippen molar-refractivity contribution >= 4 is 16.5 Å². The monoisotopic (exact) mass is 294 g/mol. The van der Waals surface area contributed by atoms with Crippen LogP contribution in [0, 0.1) is 5.41 Å². The van der Waals surface area contributed by atoms with Crippen LogP contribution in [-0.4, -0.2) is 50.2 Å². The smallest absolute Gasteiger partial charge is 0.185 e. The Labute approximate surface area is 126 Å². The zero-order chi connectivity index (χ0) is 14.3. The number of anilines is 1. The van der Waals surface area contributed by atoms with Gasteiger partial charge in [-0.1, -0.05) is 25.2 Å². The number of hydrogen-bond donors (Lipinski definition) is 1. The van der Waals surface area contributed by atoms with E-state index in [1.807, 2.05) is 11.3 Å². The summed E-state index contributed by atoms with van der Waals surface area (Å²) in [6.07, 6.45) is 2.33. The first-order valence-corrected chi connectivity index (χ1v) is 8.40. The van der Waals surface area contributed by atoms with Crippen molar-refractivity contribution in [2.24, 2.45) is 5.41 Å². The summed E-state index contributed by atoms with van der Waals surface area (Å²) < 4.78 is 0. The van der Waals surface area contributed by atoms with Gasteiger partial charge in [0.25, 0.3) is 0 Å². The lowest BCUT2D eigenvalue weighted by molar-refractivity contribution is 0.265. The van der Waals surface area contributed by atoms with Crippen LogP contribution in [0.25, 0.3) is 0 Å². The van der Waals surface area contributed by atoms with E-state index < -0.39 is 0 Å². The topological polar surface area (TPSA) is 31.4 Å². The summed E-state index contributed by atoms with van der Waals surface area (Å²) in [5, 5.41) is 4.72. The van der Waals surface area contributed by atoms with Gasteiger partial charge < -0.3 is 15.1 Å². The lowest BCUT2D eigenvalue weighted by atomic mass is 9.76. The molecule has 0 saturated carbocycles. The Kier molecular flexibility index (Phi) is 3.77. The molecule has 2 heterocycles. The Morgan fingerprint density at radius 3 is 2.60 bits per heavy atom. The first-order chi connectivity index (χ1) is 9.48. The second kappa shape index (κ2) is 5.28. The molecular weight excluding hydrogens is 268 g/mol. The number of likely N-dealkylation sites (N-methyl/N-ethyl adjacent to an activating group) is 1. The Bertz CT molecular complexity index is 474. The molecule has 0 spiro atoms. The highest BCUT2D eigenvalue weighted by molar-refractivity contribution is 7.15. The minimum atomic E-state index is 0.355. The van der Waals surface area contributed by atoms with E-state index in [0.717, 1.165) is 32.6 Å². The minimum absolute atomic E-state index is 0.355. The van der Waals surface area contributed by atoms with Crippen molar-refractivity contribution in [1.82, 2.24) is 15.2 Å². The first-order valence-electron chi connectivity index (χ1n) is 7.59. The maximum Gasteiger partial charge on any atom is 0.185 e. The van der Waals surface area contributed by atoms with Crippen molar-refractivity contribution in [1.29, 1.82) is 0 Å². The van der Waals surface area contributed by atoms with Gasteiger partial charge in [0.15, 0.2) is 5.13 Å². The van der Waals surface area contributed by atoms with Crippen molar-refractivity contribution in [3.63, 3.8) is 0 Å². The zero-order valence-electron chi connectivity index (χ0n) is 13.1. The van der Waals surface area contributed by atoms with Crippen LogP contribution in [0.2, 0.25) is 0 Å². The SMILES string of the molecule is CNC1CC(C)(C)Cc2nc(N3CCN(C)CC3)sc21. The van der Waals surface area contributed by atoms with E-state index in [9.17, 15) is 0 Å². The summed E-state index contributed by atoms with van der Waals surface area (Å²) in [5.74, 6) is 0. The molecule has 112 valence electrons. The van der Waals surface area contributed by atoms with E-state index in [1.165, 1.54) is 22.1 Å². The highest BCUT2D eigenvalue weighted by Crippen LogP contribution is 2.44. The normalized spacial score (nSPS) is 26.6. The molecule has 1 N–H and O–H groups in total. The Balaban J connectivity index is 1.84. The predicted octanol–water partition coefficient (Wildman–Crippen LogP) is 2.13. The minimum Gasteiger partial charge on any atom is -0.346 e. The second-order valence-electron chi connectivity index (χ2n) is 6.98. The van der Waals surface area contributed by atoms with Crippen LogP contribution in [0.4, 0.5) is 5.13 Å². The van der Waals surface area contributed by atoms with E-state index in [-0.39, 0.29) is 0 Å². The summed E-state index contributed by atoms with van der Waals surface area (Å²) >= 11 is 1.91. The largest absolute Gasteiger partial charge is 0.346 e. The molecule has 1 saturated heterocycles. The van der Waals surface area contributed by atoms with E-state index in [0.29, 0.717) is 11.5 Å². The molecule has 1 aliphatic carbocycles. The number of aromatic nitrogens is 1. The number of fused-ring (bicyclic) bond motifs is 1. The molecule has 0 amide bonds. The molecule has 3 rings (SSSR count). The molecule has 5 heteroatoms. The van der Waals surface area contributed by atoms with Crippen molar-refractivity contribution in [2.75, 3.05) is 45.2 Å². The van der Waals surface area contributed by atoms with Gasteiger partial charge in [0.05, 0.1) is 5.69 Å². The molecule has 1 unspecified atom stereocenters. The molecular formula is C15H26N4S. The summed E-state index contributed by atoms with van der Waals surface area (Å²) in [6.45, 7) is 9.22. The molecule has 0 radical (unpaired) electrons. The van der Waals surface area contributed by atoms with E-state index in [1.54, 1.807) is 0 Å². The quantitative estimate of drug-likeness (QED) is 0.905. The van der Waals surface area contributed by atoms with Crippen molar-refractivity contribution in [3.8, 4) is 0 Å². The molecule has 0 bridgehead atoms. The molecule has 20 heavy (non-hydrogen) atoms. The first kappa shape index (κ1) is 14.3. The maximum atomic E-state index is 4.98. The van der Waals surface area contributed by atoms with Crippen LogP contribution in [0.5, 0.6) is 0 Å². The lowest BCUT2D eigenvalue weighted by Crippen LogP contribution is -2.44. The van der Waals surface area contributed by atoms with Crippen LogP contribution in [0.3, 0.4) is 0 Å². The third-order valence-corrected chi connectivity index (χ3v) is 5.83. The van der Waals surface area contributed by atoms with Gasteiger partial charge >= 0.3 is 0 Å². The summed E-state index contributed by atoms with van der Waals surface area (Å²) in [5.41, 5.74) is 1.69. The molecule has 1 atom stereocenters. The molecule has 4 nitrogen and oxygen atoms in total. The van der Waals surface area contributed by atoms with E-state index >= 15 is 0 Å². The van der Waals surface area contributed by atoms with Crippen LogP contribution in [0.15, 0.2) is 0 Å². The number of hydrogen-bond acceptors (Lipinski definition) is 5. The highest BCUT2D eigenvalue weighted by Gasteiger charge is 2.35.